The lowest BCUT2D eigenvalue weighted by Crippen LogP contribution is -2.32. The number of nitrogens with zero attached hydrogens (tertiary/aromatic N) is 2. The highest BCUT2D eigenvalue weighted by molar-refractivity contribution is 6.21. The quantitative estimate of drug-likeness (QED) is 0.497. The van der Waals surface area contributed by atoms with Gasteiger partial charge >= 0.3 is 5.97 Å². The van der Waals surface area contributed by atoms with Crippen molar-refractivity contribution in [2.45, 2.75) is 25.8 Å². The van der Waals surface area contributed by atoms with Crippen LogP contribution >= 0.6 is 0 Å². The largest absolute Gasteiger partial charge is 0.494 e. The van der Waals surface area contributed by atoms with Crippen LogP contribution in [0.5, 0.6) is 5.88 Å². The fourth-order valence-electron chi connectivity index (χ4n) is 3.95. The molecule has 4 rings (SSSR count). The highest BCUT2D eigenvalue weighted by Gasteiger charge is 2.22. The van der Waals surface area contributed by atoms with E-state index in [4.69, 9.17) is 9.73 Å². The van der Waals surface area contributed by atoms with Crippen molar-refractivity contribution in [3.63, 3.8) is 0 Å². The van der Waals surface area contributed by atoms with Gasteiger partial charge in [-0.3, -0.25) is 4.99 Å². The molecule has 1 aliphatic rings. The first-order valence-electron chi connectivity index (χ1n) is 10.4. The number of rotatable bonds is 5. The van der Waals surface area contributed by atoms with E-state index in [1.807, 2.05) is 36.4 Å². The number of aromatic amines is 1. The molecule has 1 aromatic heterocycles. The van der Waals surface area contributed by atoms with Crippen molar-refractivity contribution >= 4 is 22.6 Å². The minimum atomic E-state index is -0.377. The Hall–Kier alpha value is -3.12. The van der Waals surface area contributed by atoms with Gasteiger partial charge in [0.2, 0.25) is 0 Å². The number of hydrogen-bond acceptors (Lipinski definition) is 5. The number of aliphatic imine (C=N–C) groups is 1. The van der Waals surface area contributed by atoms with Crippen molar-refractivity contribution in [3.8, 4) is 5.88 Å². The third-order valence-corrected chi connectivity index (χ3v) is 5.57. The second-order valence-electron chi connectivity index (χ2n) is 7.71. The average molecular weight is 405 g/mol. The van der Waals surface area contributed by atoms with E-state index in [0.29, 0.717) is 23.3 Å². The molecule has 0 aliphatic carbocycles. The minimum absolute atomic E-state index is 0.0570. The van der Waals surface area contributed by atoms with E-state index in [2.05, 4.69) is 16.9 Å². The number of fused-ring (bicyclic) bond motifs is 1. The van der Waals surface area contributed by atoms with E-state index < -0.39 is 0 Å². The van der Waals surface area contributed by atoms with Crippen molar-refractivity contribution in [2.24, 2.45) is 4.99 Å². The summed E-state index contributed by atoms with van der Waals surface area (Å²) in [6.07, 6.45) is 1.98. The minimum Gasteiger partial charge on any atom is -0.494 e. The number of ether oxygens (including phenoxy) is 1. The molecule has 1 fully saturated rings. The molecule has 1 saturated heterocycles. The molecule has 0 bridgehead atoms. The Balaban J connectivity index is 1.80. The van der Waals surface area contributed by atoms with Gasteiger partial charge in [-0.25, -0.2) is 4.79 Å². The lowest BCUT2D eigenvalue weighted by molar-refractivity contribution is 0.0526. The molecule has 6 nitrogen and oxygen atoms in total. The summed E-state index contributed by atoms with van der Waals surface area (Å²) in [5.41, 5.74) is 3.54. The number of carbonyl (C=O) groups excluding carboxylic acids is 1. The van der Waals surface area contributed by atoms with Gasteiger partial charge in [0.15, 0.2) is 5.88 Å². The number of benzene rings is 2. The van der Waals surface area contributed by atoms with Gasteiger partial charge in [0.1, 0.15) is 0 Å². The first kappa shape index (κ1) is 20.2. The number of nitrogens with one attached hydrogen (secondary N) is 1. The fraction of sp³-hybridized carbons (Fsp3) is 0.333. The summed E-state index contributed by atoms with van der Waals surface area (Å²) < 4.78 is 5.10. The summed E-state index contributed by atoms with van der Waals surface area (Å²) in [7, 11) is 2.13. The van der Waals surface area contributed by atoms with Gasteiger partial charge in [-0.05, 0) is 52.0 Å². The Morgan fingerprint density at radius 3 is 2.60 bits per heavy atom. The normalized spacial score (nSPS) is 16.1. The molecule has 3 aromatic rings. The van der Waals surface area contributed by atoms with Crippen molar-refractivity contribution in [1.82, 2.24) is 9.88 Å². The first-order chi connectivity index (χ1) is 14.6. The highest BCUT2D eigenvalue weighted by Crippen LogP contribution is 2.31. The van der Waals surface area contributed by atoms with Gasteiger partial charge in [0.05, 0.1) is 29.5 Å². The van der Waals surface area contributed by atoms with Crippen LogP contribution < -0.4 is 0 Å². The average Bonchev–Trinajstić information content (AvgIpc) is 3.09. The summed E-state index contributed by atoms with van der Waals surface area (Å²) in [4.78, 5) is 22.5. The predicted molar refractivity (Wildman–Crippen MR) is 119 cm³/mol. The molecular formula is C24H27N3O3. The molecule has 0 radical (unpaired) electrons. The van der Waals surface area contributed by atoms with E-state index in [0.717, 1.165) is 42.6 Å². The summed E-state index contributed by atoms with van der Waals surface area (Å²) >= 11 is 0. The van der Waals surface area contributed by atoms with E-state index in [-0.39, 0.29) is 17.9 Å². The second-order valence-corrected chi connectivity index (χ2v) is 7.71. The van der Waals surface area contributed by atoms with Crippen LogP contribution in [-0.4, -0.2) is 59.5 Å². The molecule has 0 saturated carbocycles. The smallest absolute Gasteiger partial charge is 0.338 e. The Morgan fingerprint density at radius 1 is 1.17 bits per heavy atom. The van der Waals surface area contributed by atoms with E-state index in [1.165, 1.54) is 0 Å². The molecule has 2 aromatic carbocycles. The number of piperidine rings is 1. The number of H-pyrrole nitrogens is 1. The van der Waals surface area contributed by atoms with Gasteiger partial charge in [-0.15, -0.1) is 0 Å². The Kier molecular flexibility index (Phi) is 5.86. The summed E-state index contributed by atoms with van der Waals surface area (Å²) in [6.45, 7) is 4.12. The first-order valence-corrected chi connectivity index (χ1v) is 10.4. The van der Waals surface area contributed by atoms with Crippen LogP contribution in [-0.2, 0) is 4.74 Å². The number of esters is 1. The lowest BCUT2D eigenvalue weighted by atomic mass is 9.98. The van der Waals surface area contributed by atoms with Crippen molar-refractivity contribution < 1.29 is 14.6 Å². The van der Waals surface area contributed by atoms with Crippen LogP contribution in [0.2, 0.25) is 0 Å². The molecule has 0 spiro atoms. The fourth-order valence-corrected chi connectivity index (χ4v) is 3.95. The van der Waals surface area contributed by atoms with E-state index in [9.17, 15) is 9.90 Å². The molecule has 6 heteroatoms. The topological polar surface area (TPSA) is 77.9 Å². The molecule has 0 amide bonds. The monoisotopic (exact) mass is 405 g/mol. The summed E-state index contributed by atoms with van der Waals surface area (Å²) in [5, 5.41) is 11.6. The number of hydrogen-bond donors (Lipinski definition) is 2. The maximum absolute atomic E-state index is 12.1. The zero-order chi connectivity index (χ0) is 21.1. The van der Waals surface area contributed by atoms with E-state index in [1.54, 1.807) is 19.1 Å². The number of aromatic nitrogens is 1. The van der Waals surface area contributed by atoms with Gasteiger partial charge in [-0.2, -0.15) is 0 Å². The van der Waals surface area contributed by atoms with Crippen LogP contribution in [0.15, 0.2) is 53.5 Å². The van der Waals surface area contributed by atoms with E-state index >= 15 is 0 Å². The molecular weight excluding hydrogens is 378 g/mol. The second kappa shape index (κ2) is 8.71. The van der Waals surface area contributed by atoms with Crippen LogP contribution in [0, 0.1) is 0 Å². The lowest BCUT2D eigenvalue weighted by Gasteiger charge is -2.27. The molecule has 0 atom stereocenters. The Bertz CT molecular complexity index is 1060. The zero-order valence-electron chi connectivity index (χ0n) is 17.4. The zero-order valence-corrected chi connectivity index (χ0v) is 17.4. The SMILES string of the molecule is CCOC(=O)c1ccc2c(C(=NC3CCN(C)CC3)c3ccccc3)c(O)[nH]c2c1. The van der Waals surface area contributed by atoms with Crippen LogP contribution in [0.4, 0.5) is 0 Å². The van der Waals surface area contributed by atoms with Crippen LogP contribution in [0.25, 0.3) is 10.9 Å². The van der Waals surface area contributed by atoms with Gasteiger partial charge in [0.25, 0.3) is 0 Å². The molecule has 156 valence electrons. The number of carbonyl (C=O) groups is 1. The number of aromatic hydroxyl groups is 1. The third kappa shape index (κ3) is 4.09. The van der Waals surface area contributed by atoms with Crippen molar-refractivity contribution in [3.05, 3.63) is 65.2 Å². The number of likely N-dealkylation sites (tertiary alicyclic amines) is 1. The third-order valence-electron chi connectivity index (χ3n) is 5.57. The standard InChI is InChI=1S/C24H27N3O3/c1-3-30-24(29)17-9-10-19-20(15-17)26-23(28)21(19)22(16-7-5-4-6-8-16)25-18-11-13-27(2)14-12-18/h4-10,15,18,26,28H,3,11-14H2,1-2H3. The molecule has 1 aliphatic heterocycles. The maximum Gasteiger partial charge on any atom is 0.338 e. The van der Waals surface area contributed by atoms with Crippen molar-refractivity contribution in [2.75, 3.05) is 26.7 Å². The summed E-state index contributed by atoms with van der Waals surface area (Å²) in [6, 6.07) is 15.5. The Labute approximate surface area is 176 Å². The molecule has 0 unspecified atom stereocenters. The van der Waals surface area contributed by atoms with Gasteiger partial charge in [0, 0.05) is 16.5 Å². The molecule has 30 heavy (non-hydrogen) atoms. The Morgan fingerprint density at radius 2 is 1.90 bits per heavy atom. The van der Waals surface area contributed by atoms with Crippen LogP contribution in [0.3, 0.4) is 0 Å². The molecule has 2 N–H and O–H groups in total. The van der Waals surface area contributed by atoms with Gasteiger partial charge in [-0.1, -0.05) is 36.4 Å². The maximum atomic E-state index is 12.1. The predicted octanol–water partition coefficient (Wildman–Crippen LogP) is 3.98. The van der Waals surface area contributed by atoms with Crippen LogP contribution in [0.1, 0.15) is 41.3 Å². The summed E-state index contributed by atoms with van der Waals surface area (Å²) in [5.74, 6) is -0.320. The van der Waals surface area contributed by atoms with Crippen molar-refractivity contribution in [1.29, 1.82) is 0 Å². The highest BCUT2D eigenvalue weighted by atomic mass is 16.5. The van der Waals surface area contributed by atoms with Gasteiger partial charge < -0.3 is 19.7 Å². The molecule has 2 heterocycles.